The monoisotopic (exact) mass is 438 g/mol. The average molecular weight is 438 g/mol. The fraction of sp³-hybridized carbons (Fsp3) is 0.0667. The number of rotatable bonds is 4. The Morgan fingerprint density at radius 1 is 0.647 bits per heavy atom. The van der Waals surface area contributed by atoms with E-state index in [9.17, 15) is 0 Å². The number of aryl methyl sites for hydroxylation is 2. The van der Waals surface area contributed by atoms with Crippen LogP contribution >= 0.6 is 0 Å². The minimum atomic E-state index is 0.127. The van der Waals surface area contributed by atoms with E-state index in [-0.39, 0.29) is 6.71 Å². The summed E-state index contributed by atoms with van der Waals surface area (Å²) in [6.07, 6.45) is 3.73. The molecule has 34 heavy (non-hydrogen) atoms. The highest BCUT2D eigenvalue weighted by Gasteiger charge is 2.34. The first-order valence-electron chi connectivity index (χ1n) is 11.5. The van der Waals surface area contributed by atoms with Gasteiger partial charge in [0.25, 0.3) is 6.71 Å². The number of hydrogen-bond acceptors (Lipinski definition) is 3. The molecule has 0 saturated carbocycles. The molecule has 3 aromatic carbocycles. The molecule has 2 aromatic heterocycles. The molecule has 0 aliphatic carbocycles. The predicted octanol–water partition coefficient (Wildman–Crippen LogP) is 5.05. The molecule has 0 radical (unpaired) electrons. The average Bonchev–Trinajstić information content (AvgIpc) is 3.19. The second kappa shape index (κ2) is 8.31. The van der Waals surface area contributed by atoms with Crippen molar-refractivity contribution in [3.8, 4) is 33.9 Å². The van der Waals surface area contributed by atoms with Gasteiger partial charge < -0.3 is 4.74 Å². The molecular formula is C30H23BN2O. The van der Waals surface area contributed by atoms with E-state index in [1.165, 1.54) is 27.6 Å². The summed E-state index contributed by atoms with van der Waals surface area (Å²) in [5, 5.41) is 0. The number of ether oxygens (including phenoxy) is 1. The van der Waals surface area contributed by atoms with E-state index in [1.54, 1.807) is 0 Å². The van der Waals surface area contributed by atoms with Crippen molar-refractivity contribution in [2.24, 2.45) is 0 Å². The lowest BCUT2D eigenvalue weighted by Gasteiger charge is -2.12. The lowest BCUT2D eigenvalue weighted by molar-refractivity contribution is 0.463. The summed E-state index contributed by atoms with van der Waals surface area (Å²) in [5.41, 5.74) is 10.9. The van der Waals surface area contributed by atoms with Crippen molar-refractivity contribution < 1.29 is 4.74 Å². The minimum absolute atomic E-state index is 0.127. The fourth-order valence-corrected chi connectivity index (χ4v) is 4.80. The van der Waals surface area contributed by atoms with E-state index >= 15 is 0 Å². The maximum absolute atomic E-state index is 6.02. The maximum Gasteiger partial charge on any atom is 0.266 e. The van der Waals surface area contributed by atoms with E-state index in [0.29, 0.717) is 5.88 Å². The van der Waals surface area contributed by atoms with Crippen LogP contribution in [0.4, 0.5) is 0 Å². The van der Waals surface area contributed by atoms with Crippen LogP contribution in [0.1, 0.15) is 11.1 Å². The van der Waals surface area contributed by atoms with Gasteiger partial charge in [-0.15, -0.1) is 0 Å². The SMILES string of the molecule is Cc1ccc(Oc2cccc(-c3ccc4c(c3)B(c3cc(C)ccn3)c3ccccc3-4)c2)nc1. The van der Waals surface area contributed by atoms with Gasteiger partial charge in [0, 0.05) is 24.1 Å². The van der Waals surface area contributed by atoms with Gasteiger partial charge in [0.15, 0.2) is 0 Å². The van der Waals surface area contributed by atoms with Gasteiger partial charge in [0.05, 0.1) is 0 Å². The minimum Gasteiger partial charge on any atom is -0.439 e. The largest absolute Gasteiger partial charge is 0.439 e. The highest BCUT2D eigenvalue weighted by atomic mass is 16.5. The molecule has 0 bridgehead atoms. The first kappa shape index (κ1) is 20.4. The topological polar surface area (TPSA) is 35.0 Å². The number of benzene rings is 3. The summed E-state index contributed by atoms with van der Waals surface area (Å²) in [5.74, 6) is 1.37. The Morgan fingerprint density at radius 3 is 2.35 bits per heavy atom. The lowest BCUT2D eigenvalue weighted by atomic mass is 9.40. The third-order valence-electron chi connectivity index (χ3n) is 6.43. The summed E-state index contributed by atoms with van der Waals surface area (Å²) >= 11 is 0. The standard InChI is InChI=1S/C30H23BN2O/c1-20-14-15-32-29(16-20)31-27-9-4-3-8-25(27)26-12-11-23(18-28(26)31)22-6-5-7-24(17-22)34-30-13-10-21(2)19-33-30/h3-19H,1-2H3. The summed E-state index contributed by atoms with van der Waals surface area (Å²) < 4.78 is 6.02. The molecule has 3 heterocycles. The molecule has 0 spiro atoms. The van der Waals surface area contributed by atoms with Gasteiger partial charge in [0.2, 0.25) is 5.88 Å². The van der Waals surface area contributed by atoms with Gasteiger partial charge in [-0.2, -0.15) is 0 Å². The van der Waals surface area contributed by atoms with Gasteiger partial charge in [-0.1, -0.05) is 71.6 Å². The van der Waals surface area contributed by atoms with Crippen LogP contribution in [0.15, 0.2) is 103 Å². The Kier molecular flexibility index (Phi) is 4.99. The van der Waals surface area contributed by atoms with Gasteiger partial charge in [-0.05, 0) is 71.5 Å². The van der Waals surface area contributed by atoms with Gasteiger partial charge in [-0.25, -0.2) is 4.98 Å². The third kappa shape index (κ3) is 3.67. The molecule has 0 amide bonds. The summed E-state index contributed by atoms with van der Waals surface area (Å²) in [6.45, 7) is 4.27. The van der Waals surface area contributed by atoms with Gasteiger partial charge >= 0.3 is 0 Å². The molecule has 0 unspecified atom stereocenters. The van der Waals surface area contributed by atoms with Crippen LogP contribution in [0.3, 0.4) is 0 Å². The first-order valence-corrected chi connectivity index (χ1v) is 11.5. The van der Waals surface area contributed by atoms with Crippen molar-refractivity contribution >= 4 is 23.2 Å². The molecule has 0 N–H and O–H groups in total. The van der Waals surface area contributed by atoms with E-state index < -0.39 is 0 Å². The number of pyridine rings is 2. The summed E-state index contributed by atoms with van der Waals surface area (Å²) in [4.78, 5) is 9.13. The van der Waals surface area contributed by atoms with Crippen LogP contribution in [0.2, 0.25) is 0 Å². The van der Waals surface area contributed by atoms with Crippen molar-refractivity contribution in [3.05, 3.63) is 115 Å². The normalized spacial score (nSPS) is 11.8. The number of aromatic nitrogens is 2. The number of hydrogen-bond donors (Lipinski definition) is 0. The van der Waals surface area contributed by atoms with Crippen molar-refractivity contribution in [2.45, 2.75) is 13.8 Å². The Morgan fingerprint density at radius 2 is 1.50 bits per heavy atom. The molecule has 0 saturated heterocycles. The Labute approximate surface area is 200 Å². The van der Waals surface area contributed by atoms with Crippen LogP contribution in [-0.2, 0) is 0 Å². The smallest absolute Gasteiger partial charge is 0.266 e. The van der Waals surface area contributed by atoms with Gasteiger partial charge in [-0.3, -0.25) is 4.98 Å². The second-order valence-corrected chi connectivity index (χ2v) is 8.88. The molecule has 4 heteroatoms. The molecule has 5 aromatic rings. The molecule has 3 nitrogen and oxygen atoms in total. The molecule has 0 fully saturated rings. The quantitative estimate of drug-likeness (QED) is 0.362. The molecule has 0 atom stereocenters. The second-order valence-electron chi connectivity index (χ2n) is 8.88. The molecular weight excluding hydrogens is 415 g/mol. The molecule has 1 aliphatic rings. The summed E-state index contributed by atoms with van der Waals surface area (Å²) in [7, 11) is 0. The van der Waals surface area contributed by atoms with Crippen molar-refractivity contribution in [3.63, 3.8) is 0 Å². The number of fused-ring (bicyclic) bond motifs is 3. The van der Waals surface area contributed by atoms with E-state index in [4.69, 9.17) is 9.72 Å². The van der Waals surface area contributed by atoms with Gasteiger partial charge in [0.1, 0.15) is 5.75 Å². The molecule has 162 valence electrons. The molecule has 6 rings (SSSR count). The summed E-state index contributed by atoms with van der Waals surface area (Å²) in [6, 6.07) is 31.8. The van der Waals surface area contributed by atoms with Crippen molar-refractivity contribution in [2.75, 3.05) is 0 Å². The van der Waals surface area contributed by atoms with Crippen molar-refractivity contribution in [1.29, 1.82) is 0 Å². The first-order chi connectivity index (χ1) is 16.7. The lowest BCUT2D eigenvalue weighted by Crippen LogP contribution is -2.50. The van der Waals surface area contributed by atoms with Crippen LogP contribution in [0.5, 0.6) is 11.6 Å². The van der Waals surface area contributed by atoms with Crippen LogP contribution in [-0.4, -0.2) is 16.7 Å². The number of nitrogens with zero attached hydrogens (tertiary/aromatic N) is 2. The Hall–Kier alpha value is -4.18. The zero-order valence-electron chi connectivity index (χ0n) is 19.2. The van der Waals surface area contributed by atoms with Crippen LogP contribution in [0, 0.1) is 13.8 Å². The van der Waals surface area contributed by atoms with Crippen LogP contribution in [0.25, 0.3) is 22.3 Å². The zero-order valence-corrected chi connectivity index (χ0v) is 19.2. The maximum atomic E-state index is 6.02. The van der Waals surface area contributed by atoms with E-state index in [2.05, 4.69) is 78.6 Å². The Bertz CT molecular complexity index is 1510. The highest BCUT2D eigenvalue weighted by molar-refractivity contribution is 6.98. The highest BCUT2D eigenvalue weighted by Crippen LogP contribution is 2.30. The zero-order chi connectivity index (χ0) is 23.1. The predicted molar refractivity (Wildman–Crippen MR) is 140 cm³/mol. The van der Waals surface area contributed by atoms with E-state index in [0.717, 1.165) is 28.0 Å². The van der Waals surface area contributed by atoms with E-state index in [1.807, 2.05) is 43.6 Å². The van der Waals surface area contributed by atoms with Crippen molar-refractivity contribution in [1.82, 2.24) is 9.97 Å². The fourth-order valence-electron chi connectivity index (χ4n) is 4.80. The molecule has 1 aliphatic heterocycles. The van der Waals surface area contributed by atoms with Crippen LogP contribution < -0.4 is 21.3 Å². The third-order valence-corrected chi connectivity index (χ3v) is 6.43. The Balaban J connectivity index is 1.41.